The summed E-state index contributed by atoms with van der Waals surface area (Å²) in [5, 5.41) is 30.7. The van der Waals surface area contributed by atoms with E-state index in [9.17, 15) is 15.0 Å². The Bertz CT molecular complexity index is 1360. The number of hydrogen-bond donors (Lipinski definition) is 3. The summed E-state index contributed by atoms with van der Waals surface area (Å²) in [4.78, 5) is 26.4. The number of fused-ring (bicyclic) bond motifs is 1. The van der Waals surface area contributed by atoms with Gasteiger partial charge in [0.25, 0.3) is 5.97 Å². The van der Waals surface area contributed by atoms with Crippen molar-refractivity contribution in [2.45, 2.75) is 50.3 Å². The van der Waals surface area contributed by atoms with Crippen molar-refractivity contribution in [3.63, 3.8) is 0 Å². The summed E-state index contributed by atoms with van der Waals surface area (Å²) >= 11 is 0. The van der Waals surface area contributed by atoms with Gasteiger partial charge < -0.3 is 31.2 Å². The molecule has 0 spiro atoms. The Hall–Kier alpha value is -2.70. The number of nitrogens with zero attached hydrogens (tertiary/aromatic N) is 6. The van der Waals surface area contributed by atoms with E-state index in [0.29, 0.717) is 36.2 Å². The predicted octanol–water partition coefficient (Wildman–Crippen LogP) is 1.68. The van der Waals surface area contributed by atoms with E-state index in [1.54, 1.807) is 12.1 Å². The van der Waals surface area contributed by atoms with Gasteiger partial charge in [-0.25, -0.2) is 15.0 Å². The van der Waals surface area contributed by atoms with E-state index in [0.717, 1.165) is 5.56 Å². The van der Waals surface area contributed by atoms with Crippen molar-refractivity contribution >= 4 is 29.0 Å². The number of ether oxygens (including phenoxy) is 2. The van der Waals surface area contributed by atoms with Crippen molar-refractivity contribution < 1.29 is 61.4 Å². The number of imidazole rings is 1. The number of nitrogens with two attached hydrogens (primary N) is 1. The molecule has 1 fully saturated rings. The number of carbonyl (C=O) groups excluding carboxylic acids is 1. The number of nitrogens with one attached hydrogen (secondary N) is 1. The van der Waals surface area contributed by atoms with Crippen LogP contribution in [0.25, 0.3) is 23.0 Å². The zero-order valence-electron chi connectivity index (χ0n) is 22.4. The van der Waals surface area contributed by atoms with Crippen LogP contribution in [-0.2, 0) is 14.3 Å². The van der Waals surface area contributed by atoms with Crippen LogP contribution in [0.1, 0.15) is 37.1 Å². The molecule has 13 nitrogen and oxygen atoms in total. The zero-order chi connectivity index (χ0) is 28.6. The van der Waals surface area contributed by atoms with E-state index in [1.807, 2.05) is 36.1 Å². The number of anilines is 1. The Morgan fingerprint density at radius 3 is 2.76 bits per heavy atom. The molecule has 0 amide bonds. The molecule has 0 aliphatic carbocycles. The molecule has 0 bridgehead atoms. The minimum absolute atomic E-state index is 0. The number of aliphatic hydroxyl groups is 2. The first-order valence-electron chi connectivity index (χ1n) is 13.0. The molecule has 4 rings (SSSR count). The van der Waals surface area contributed by atoms with Crippen molar-refractivity contribution in [1.82, 2.24) is 24.4 Å². The van der Waals surface area contributed by atoms with Crippen LogP contribution in [0, 0.1) is 48.2 Å². The number of nitriles is 1. The van der Waals surface area contributed by atoms with Gasteiger partial charge in [0, 0.05) is 50.0 Å². The second-order valence-corrected chi connectivity index (χ2v) is 9.53. The molecule has 1 radical (unpaired) electrons. The Balaban J connectivity index is 0.00000462. The van der Waals surface area contributed by atoms with E-state index < -0.39 is 36.6 Å². The van der Waals surface area contributed by atoms with Crippen molar-refractivity contribution in [3.05, 3.63) is 59.9 Å². The standard InChI is InChI=1S/C27H33N8O5.Tm/c1-2-12-39-27(38)19(29)9-11-34(10-3-4-17-5-7-18(13-28)8-6-17)14-20-22(36)23(37)26(40-20)35-16-33-21-24(30)31-15-32-25(21)35;/h3-8,15-16,19-20,22-23,26,29,36-37H,2,9-12,14H2,1H3,(H2,30,31,32);/q-1;/b4-3+;/t19?,20-,22-,23-,26-;/m1./s1. The van der Waals surface area contributed by atoms with Crippen molar-refractivity contribution in [2.24, 2.45) is 0 Å². The number of rotatable bonds is 12. The molecule has 1 aromatic carbocycles. The third kappa shape index (κ3) is 8.20. The average molecular weight is 719 g/mol. The van der Waals surface area contributed by atoms with Gasteiger partial charge in [0.2, 0.25) is 0 Å². The van der Waals surface area contributed by atoms with Gasteiger partial charge in [-0.3, -0.25) is 14.3 Å². The summed E-state index contributed by atoms with van der Waals surface area (Å²) in [5.74, 6) is -0.383. The Labute approximate surface area is 267 Å². The van der Waals surface area contributed by atoms with Gasteiger partial charge in [0.15, 0.2) is 17.7 Å². The third-order valence-electron chi connectivity index (χ3n) is 6.62. The number of aromatic nitrogens is 4. The Morgan fingerprint density at radius 2 is 2.05 bits per heavy atom. The topological polar surface area (TPSA) is 196 Å². The number of nitrogen functional groups attached to an aromatic ring is 1. The van der Waals surface area contributed by atoms with Crippen molar-refractivity contribution in [1.29, 1.82) is 5.26 Å². The normalized spacial score (nSPS) is 21.2. The molecular weight excluding hydrogens is 685 g/mol. The van der Waals surface area contributed by atoms with Gasteiger partial charge >= 0.3 is 0 Å². The average Bonchev–Trinajstić information content (AvgIpc) is 3.51. The molecule has 5 N–H and O–H groups in total. The van der Waals surface area contributed by atoms with Crippen LogP contribution in [-0.4, -0.2) is 91.2 Å². The van der Waals surface area contributed by atoms with E-state index in [2.05, 4.69) is 21.0 Å². The molecule has 1 aliphatic rings. The molecule has 225 valence electrons. The second-order valence-electron chi connectivity index (χ2n) is 9.53. The van der Waals surface area contributed by atoms with E-state index in [4.69, 9.17) is 26.2 Å². The number of esters is 1. The Kier molecular flexibility index (Phi) is 12.4. The Morgan fingerprint density at radius 1 is 1.29 bits per heavy atom. The maximum atomic E-state index is 12.1. The minimum Gasteiger partial charge on any atom is -0.665 e. The first-order valence-corrected chi connectivity index (χ1v) is 13.0. The van der Waals surface area contributed by atoms with Crippen LogP contribution in [0.3, 0.4) is 0 Å². The van der Waals surface area contributed by atoms with Crippen LogP contribution >= 0.6 is 0 Å². The summed E-state index contributed by atoms with van der Waals surface area (Å²) in [6.07, 6.45) is 3.20. The van der Waals surface area contributed by atoms with Crippen molar-refractivity contribution in [3.8, 4) is 6.07 Å². The molecule has 14 heteroatoms. The van der Waals surface area contributed by atoms with E-state index in [1.165, 1.54) is 17.2 Å². The van der Waals surface area contributed by atoms with Gasteiger partial charge in [-0.2, -0.15) is 5.26 Å². The molecule has 5 atom stereocenters. The second kappa shape index (κ2) is 15.5. The van der Waals surface area contributed by atoms with Gasteiger partial charge in [0.1, 0.15) is 30.2 Å². The summed E-state index contributed by atoms with van der Waals surface area (Å²) in [6, 6.07) is 8.16. The number of hydrogen-bond acceptors (Lipinski definition) is 11. The number of carbonyl (C=O) groups is 1. The molecule has 2 aromatic heterocycles. The molecule has 1 unspecified atom stereocenters. The summed E-state index contributed by atoms with van der Waals surface area (Å²) in [5.41, 5.74) is 16.3. The monoisotopic (exact) mass is 718 g/mol. The third-order valence-corrected chi connectivity index (χ3v) is 6.62. The molecule has 1 saturated heterocycles. The van der Waals surface area contributed by atoms with Gasteiger partial charge in [-0.05, 0) is 43.1 Å². The minimum atomic E-state index is -1.26. The summed E-state index contributed by atoms with van der Waals surface area (Å²) < 4.78 is 12.7. The van der Waals surface area contributed by atoms with E-state index >= 15 is 0 Å². The summed E-state index contributed by atoms with van der Waals surface area (Å²) in [6.45, 7) is 3.14. The maximum Gasteiger partial charge on any atom is 0.287 e. The fourth-order valence-corrected chi connectivity index (χ4v) is 4.42. The van der Waals surface area contributed by atoms with Crippen LogP contribution < -0.4 is 5.73 Å². The fraction of sp³-hybridized carbons (Fsp3) is 0.444. The van der Waals surface area contributed by atoms with Gasteiger partial charge in [-0.15, -0.1) is 0 Å². The van der Waals surface area contributed by atoms with Crippen LogP contribution in [0.15, 0.2) is 43.0 Å². The summed E-state index contributed by atoms with van der Waals surface area (Å²) in [7, 11) is 0. The molecule has 3 heterocycles. The van der Waals surface area contributed by atoms with Crippen LogP contribution in [0.4, 0.5) is 5.82 Å². The van der Waals surface area contributed by atoms with Crippen LogP contribution in [0.2, 0.25) is 0 Å². The SMILES string of the molecule is CCCOC(=O)C([NH-])CCN(C/C=C/c1ccc(C#N)cc1)C[C@H]1O[C@@H](n2cnc3c(N)ncnc32)[C@H](O)[C@@H]1O.[Tm]. The smallest absolute Gasteiger partial charge is 0.287 e. The molecular formula is C27H33N8O5Tm-. The molecule has 41 heavy (non-hydrogen) atoms. The number of aliphatic hydroxyl groups excluding tert-OH is 2. The predicted molar refractivity (Wildman–Crippen MR) is 146 cm³/mol. The van der Waals surface area contributed by atoms with Gasteiger partial charge in [0.05, 0.1) is 24.6 Å². The molecule has 0 saturated carbocycles. The zero-order valence-corrected chi connectivity index (χ0v) is 24.2. The van der Waals surface area contributed by atoms with Gasteiger partial charge in [-0.1, -0.05) is 31.2 Å². The first-order chi connectivity index (χ1) is 19.3. The van der Waals surface area contributed by atoms with E-state index in [-0.39, 0.29) is 62.3 Å². The van der Waals surface area contributed by atoms with Crippen LogP contribution in [0.5, 0.6) is 0 Å². The van der Waals surface area contributed by atoms with Crippen molar-refractivity contribution in [2.75, 3.05) is 32.0 Å². The molecule has 1 aliphatic heterocycles. The quantitative estimate of drug-likeness (QED) is 0.231. The fourth-order valence-electron chi connectivity index (χ4n) is 4.42. The molecule has 3 aromatic rings. The maximum absolute atomic E-state index is 12.1. The first kappa shape index (κ1) is 32.8. The largest absolute Gasteiger partial charge is 0.665 e. The number of benzene rings is 1.